The Morgan fingerprint density at radius 2 is 1.89 bits per heavy atom. The fraction of sp³-hybridized carbons (Fsp3) is 0.500. The van der Waals surface area contributed by atoms with Gasteiger partial charge in [0.1, 0.15) is 0 Å². The topological polar surface area (TPSA) is 54.4 Å². The summed E-state index contributed by atoms with van der Waals surface area (Å²) in [5.41, 5.74) is 0. The maximum atomic E-state index is 10.0. The summed E-state index contributed by atoms with van der Waals surface area (Å²) in [6.45, 7) is 2.87. The molecule has 0 saturated heterocycles. The first kappa shape index (κ1) is 12.3. The van der Waals surface area contributed by atoms with Gasteiger partial charge in [0.2, 0.25) is 0 Å². The summed E-state index contributed by atoms with van der Waals surface area (Å²) in [7, 11) is -3.89. The van der Waals surface area contributed by atoms with Crippen molar-refractivity contribution in [3.05, 3.63) is 11.0 Å². The minimum absolute atomic E-state index is 0. The molecule has 0 spiro atoms. The van der Waals surface area contributed by atoms with Crippen molar-refractivity contribution in [1.82, 2.24) is 0 Å². The molecule has 0 saturated carbocycles. The van der Waals surface area contributed by atoms with E-state index in [0.29, 0.717) is 0 Å². The predicted molar refractivity (Wildman–Crippen MR) is 38.1 cm³/mol. The van der Waals surface area contributed by atoms with Crippen molar-refractivity contribution in [3.8, 4) is 0 Å². The second kappa shape index (κ2) is 4.46. The van der Waals surface area contributed by atoms with Crippen molar-refractivity contribution < 1.29 is 13.0 Å². The molecular weight excluding hydrogens is 151 g/mol. The fourth-order valence-corrected chi connectivity index (χ4v) is 0.447. The molecular formula is C4H9NaO3S. The normalized spacial score (nSPS) is 12.6. The average molecular weight is 160 g/mol. The molecule has 0 unspecified atom stereocenters. The summed E-state index contributed by atoms with van der Waals surface area (Å²) in [4.78, 5) is -0.0162. The molecule has 0 aromatic heterocycles. The number of hydrogen-bond donors (Lipinski definition) is 1. The third-order valence-corrected chi connectivity index (χ3v) is 1.86. The van der Waals surface area contributed by atoms with Gasteiger partial charge >= 0.3 is 29.6 Å². The molecule has 0 aliphatic heterocycles. The van der Waals surface area contributed by atoms with Crippen molar-refractivity contribution in [3.63, 3.8) is 0 Å². The standard InChI is InChI=1S/C4H8O3S.Na.H/c1-3-4(2)8(5,6)7;;/h3H,1-2H3,(H,5,6,7);;. The molecule has 0 amide bonds. The molecule has 0 aromatic carbocycles. The summed E-state index contributed by atoms with van der Waals surface area (Å²) < 4.78 is 28.3. The first-order valence-electron chi connectivity index (χ1n) is 2.09. The summed E-state index contributed by atoms with van der Waals surface area (Å²) in [6.07, 6.45) is 1.33. The van der Waals surface area contributed by atoms with Crippen LogP contribution in [0.3, 0.4) is 0 Å². The van der Waals surface area contributed by atoms with Gasteiger partial charge in [-0.25, -0.2) is 0 Å². The average Bonchev–Trinajstić information content (AvgIpc) is 1.62. The van der Waals surface area contributed by atoms with E-state index in [1.54, 1.807) is 6.92 Å². The van der Waals surface area contributed by atoms with Gasteiger partial charge in [-0.1, -0.05) is 6.08 Å². The van der Waals surface area contributed by atoms with Crippen LogP contribution in [-0.2, 0) is 10.1 Å². The molecule has 3 nitrogen and oxygen atoms in total. The monoisotopic (exact) mass is 160 g/mol. The SMILES string of the molecule is CC=C(C)S(=O)(=O)O.[NaH]. The van der Waals surface area contributed by atoms with E-state index in [4.69, 9.17) is 4.55 Å². The summed E-state index contributed by atoms with van der Waals surface area (Å²) in [6, 6.07) is 0. The molecule has 50 valence electrons. The second-order valence-electron chi connectivity index (χ2n) is 1.37. The first-order valence-corrected chi connectivity index (χ1v) is 3.53. The first-order chi connectivity index (χ1) is 3.48. The van der Waals surface area contributed by atoms with Crippen LogP contribution in [0, 0.1) is 0 Å². The van der Waals surface area contributed by atoms with Gasteiger partial charge in [-0.15, -0.1) is 0 Å². The van der Waals surface area contributed by atoms with E-state index in [-0.39, 0.29) is 34.5 Å². The summed E-state index contributed by atoms with van der Waals surface area (Å²) in [5.74, 6) is 0. The Bertz CT molecular complexity index is 192. The number of hydrogen-bond acceptors (Lipinski definition) is 2. The predicted octanol–water partition coefficient (Wildman–Crippen LogP) is 0.149. The Labute approximate surface area is 77.2 Å². The fourth-order valence-electron chi connectivity index (χ4n) is 0.149. The van der Waals surface area contributed by atoms with E-state index in [0.717, 1.165) is 0 Å². The van der Waals surface area contributed by atoms with E-state index in [2.05, 4.69) is 0 Å². The van der Waals surface area contributed by atoms with Crippen molar-refractivity contribution in [2.24, 2.45) is 0 Å². The van der Waals surface area contributed by atoms with Crippen LogP contribution in [0.2, 0.25) is 0 Å². The number of allylic oxidation sites excluding steroid dienone is 2. The van der Waals surface area contributed by atoms with Gasteiger partial charge in [0.15, 0.2) is 0 Å². The van der Waals surface area contributed by atoms with Crippen LogP contribution < -0.4 is 0 Å². The Morgan fingerprint density at radius 1 is 1.56 bits per heavy atom. The van der Waals surface area contributed by atoms with Crippen LogP contribution in [0.4, 0.5) is 0 Å². The van der Waals surface area contributed by atoms with Crippen LogP contribution >= 0.6 is 0 Å². The van der Waals surface area contributed by atoms with Crippen molar-refractivity contribution in [1.29, 1.82) is 0 Å². The molecule has 5 heteroatoms. The maximum absolute atomic E-state index is 10.0. The van der Waals surface area contributed by atoms with Crippen LogP contribution in [-0.4, -0.2) is 42.5 Å². The second-order valence-corrected chi connectivity index (χ2v) is 2.97. The third kappa shape index (κ3) is 5.11. The Morgan fingerprint density at radius 3 is 1.89 bits per heavy atom. The zero-order valence-electron chi connectivity index (χ0n) is 4.75. The molecule has 0 aromatic rings. The molecule has 0 atom stereocenters. The molecule has 0 aliphatic carbocycles. The third-order valence-electron chi connectivity index (χ3n) is 0.813. The quantitative estimate of drug-likeness (QED) is 0.439. The van der Waals surface area contributed by atoms with E-state index < -0.39 is 10.1 Å². The Hall–Kier alpha value is 0.650. The van der Waals surface area contributed by atoms with Crippen LogP contribution in [0.15, 0.2) is 11.0 Å². The van der Waals surface area contributed by atoms with E-state index >= 15 is 0 Å². The minimum atomic E-state index is -3.89. The van der Waals surface area contributed by atoms with Gasteiger partial charge < -0.3 is 0 Å². The van der Waals surface area contributed by atoms with Crippen molar-refractivity contribution in [2.45, 2.75) is 13.8 Å². The summed E-state index contributed by atoms with van der Waals surface area (Å²) >= 11 is 0. The molecule has 9 heavy (non-hydrogen) atoms. The number of rotatable bonds is 1. The summed E-state index contributed by atoms with van der Waals surface area (Å²) in [5, 5.41) is 0. The van der Waals surface area contributed by atoms with Gasteiger partial charge in [-0.2, -0.15) is 8.42 Å². The Balaban J connectivity index is 0. The van der Waals surface area contributed by atoms with E-state index in [9.17, 15) is 8.42 Å². The van der Waals surface area contributed by atoms with E-state index in [1.165, 1.54) is 13.0 Å². The zero-order chi connectivity index (χ0) is 6.78. The molecule has 0 radical (unpaired) electrons. The van der Waals surface area contributed by atoms with Crippen LogP contribution in [0.5, 0.6) is 0 Å². The van der Waals surface area contributed by atoms with Crippen LogP contribution in [0.1, 0.15) is 13.8 Å². The molecule has 1 N–H and O–H groups in total. The van der Waals surface area contributed by atoms with Crippen molar-refractivity contribution in [2.75, 3.05) is 0 Å². The van der Waals surface area contributed by atoms with Gasteiger partial charge in [-0.3, -0.25) is 4.55 Å². The molecule has 0 fully saturated rings. The van der Waals surface area contributed by atoms with Gasteiger partial charge in [0.05, 0.1) is 4.91 Å². The van der Waals surface area contributed by atoms with Gasteiger partial charge in [0.25, 0.3) is 10.1 Å². The van der Waals surface area contributed by atoms with Gasteiger partial charge in [0, 0.05) is 0 Å². The van der Waals surface area contributed by atoms with Crippen molar-refractivity contribution >= 4 is 39.7 Å². The molecule has 0 rings (SSSR count). The van der Waals surface area contributed by atoms with Gasteiger partial charge in [-0.05, 0) is 13.8 Å². The molecule has 0 bridgehead atoms. The molecule has 0 aliphatic rings. The zero-order valence-corrected chi connectivity index (χ0v) is 5.57. The molecule has 0 heterocycles. The van der Waals surface area contributed by atoms with E-state index in [1.807, 2.05) is 0 Å². The van der Waals surface area contributed by atoms with Crippen LogP contribution in [0.25, 0.3) is 0 Å². The Kier molecular flexibility index (Phi) is 6.12.